The first-order valence-electron chi connectivity index (χ1n) is 11.1. The van der Waals surface area contributed by atoms with Crippen LogP contribution in [0.3, 0.4) is 0 Å². The second kappa shape index (κ2) is 10.1. The van der Waals surface area contributed by atoms with Crippen LogP contribution in [0.1, 0.15) is 23.7 Å². The average Bonchev–Trinajstić information content (AvgIpc) is 2.85. The summed E-state index contributed by atoms with van der Waals surface area (Å²) < 4.78 is 20.1. The van der Waals surface area contributed by atoms with E-state index in [0.29, 0.717) is 43.1 Å². The van der Waals surface area contributed by atoms with Gasteiger partial charge < -0.3 is 15.2 Å². The van der Waals surface area contributed by atoms with Crippen LogP contribution in [0.5, 0.6) is 5.75 Å². The van der Waals surface area contributed by atoms with Crippen molar-refractivity contribution in [3.8, 4) is 17.0 Å². The topological polar surface area (TPSA) is 110 Å². The summed E-state index contributed by atoms with van der Waals surface area (Å²) in [7, 11) is 0. The summed E-state index contributed by atoms with van der Waals surface area (Å²) in [5.74, 6) is -1.69. The number of nitrogens with one attached hydrogen (secondary N) is 1. The van der Waals surface area contributed by atoms with Gasteiger partial charge in [-0.25, -0.2) is 9.37 Å². The fraction of sp³-hybridized carbons (Fsp3) is 0.333. The summed E-state index contributed by atoms with van der Waals surface area (Å²) in [5.41, 5.74) is 0.589. The predicted molar refractivity (Wildman–Crippen MR) is 125 cm³/mol. The predicted octanol–water partition coefficient (Wildman–Crippen LogP) is 2.29. The molecule has 1 amide bonds. The lowest BCUT2D eigenvalue weighted by atomic mass is 10.1. The number of ether oxygens (including phenoxy) is 1. The number of morpholine rings is 1. The van der Waals surface area contributed by atoms with Gasteiger partial charge in [-0.05, 0) is 24.6 Å². The Morgan fingerprint density at radius 1 is 1.24 bits per heavy atom. The molecule has 3 aromatic heterocycles. The Morgan fingerprint density at radius 3 is 2.68 bits per heavy atom. The lowest BCUT2D eigenvalue weighted by Crippen LogP contribution is -2.40. The molecule has 0 atom stereocenters. The Morgan fingerprint density at radius 2 is 2.00 bits per heavy atom. The fourth-order valence-electron chi connectivity index (χ4n) is 3.79. The van der Waals surface area contributed by atoms with Crippen molar-refractivity contribution in [3.63, 3.8) is 0 Å². The van der Waals surface area contributed by atoms with Crippen molar-refractivity contribution in [2.24, 2.45) is 0 Å². The maximum absolute atomic E-state index is 13.4. The van der Waals surface area contributed by atoms with E-state index < -0.39 is 23.0 Å². The van der Waals surface area contributed by atoms with Gasteiger partial charge >= 0.3 is 0 Å². The lowest BCUT2D eigenvalue weighted by molar-refractivity contribution is 0.0364. The minimum Gasteiger partial charge on any atom is -0.506 e. The van der Waals surface area contributed by atoms with Crippen molar-refractivity contribution in [2.45, 2.75) is 19.9 Å². The van der Waals surface area contributed by atoms with Gasteiger partial charge in [0, 0.05) is 43.6 Å². The van der Waals surface area contributed by atoms with E-state index in [9.17, 15) is 19.1 Å². The monoisotopic (exact) mass is 467 g/mol. The number of allylic oxidation sites excluding steroid dienone is 1. The molecule has 4 heterocycles. The van der Waals surface area contributed by atoms with Crippen molar-refractivity contribution in [3.05, 3.63) is 64.6 Å². The molecule has 178 valence electrons. The number of rotatable bonds is 7. The molecule has 1 aliphatic heterocycles. The number of aromatic nitrogens is 3. The van der Waals surface area contributed by atoms with Crippen molar-refractivity contribution in [1.29, 1.82) is 0 Å². The lowest BCUT2D eigenvalue weighted by Gasteiger charge is -2.27. The number of amides is 1. The Labute approximate surface area is 195 Å². The molecule has 0 unspecified atom stereocenters. The van der Waals surface area contributed by atoms with E-state index in [1.54, 1.807) is 6.07 Å². The van der Waals surface area contributed by atoms with E-state index in [1.807, 2.05) is 6.92 Å². The van der Waals surface area contributed by atoms with Gasteiger partial charge in [0.1, 0.15) is 22.8 Å². The minimum atomic E-state index is -0.735. The Bertz CT molecular complexity index is 1280. The van der Waals surface area contributed by atoms with Crippen LogP contribution in [0.25, 0.3) is 22.3 Å². The Hall–Kier alpha value is -3.63. The highest BCUT2D eigenvalue weighted by Crippen LogP contribution is 2.29. The molecule has 1 aliphatic rings. The van der Waals surface area contributed by atoms with Gasteiger partial charge in [-0.1, -0.05) is 13.5 Å². The molecule has 0 spiro atoms. The molecule has 1 saturated heterocycles. The third-order valence-corrected chi connectivity index (χ3v) is 5.78. The molecule has 0 aliphatic carbocycles. The van der Waals surface area contributed by atoms with E-state index in [0.717, 1.165) is 19.3 Å². The third kappa shape index (κ3) is 4.82. The number of nitrogens with zero attached hydrogens (tertiary/aromatic N) is 4. The number of pyridine rings is 3. The first-order valence-corrected chi connectivity index (χ1v) is 11.1. The molecule has 10 heteroatoms. The normalized spacial score (nSPS) is 14.3. The maximum Gasteiger partial charge on any atom is 0.268 e. The standard InChI is InChI=1S/C24H26FN5O4/c1-3-15(2)28-23(32)20-21(31)18-12-16(19-5-4-17(25)14-26-19)13-27-22(18)30(24(20)33)7-6-29-8-10-34-11-9-29/h4-5,12-14,31H,2-3,6-11H2,1H3,(H,28,32). The smallest absolute Gasteiger partial charge is 0.268 e. The van der Waals surface area contributed by atoms with Gasteiger partial charge in [-0.15, -0.1) is 0 Å². The van der Waals surface area contributed by atoms with Gasteiger partial charge in [0.25, 0.3) is 11.5 Å². The largest absolute Gasteiger partial charge is 0.506 e. The van der Waals surface area contributed by atoms with Crippen LogP contribution in [-0.2, 0) is 11.3 Å². The molecule has 9 nitrogen and oxygen atoms in total. The van der Waals surface area contributed by atoms with Crippen LogP contribution in [0, 0.1) is 5.82 Å². The van der Waals surface area contributed by atoms with Crippen LogP contribution >= 0.6 is 0 Å². The van der Waals surface area contributed by atoms with Crippen molar-refractivity contribution in [1.82, 2.24) is 24.8 Å². The molecular weight excluding hydrogens is 441 g/mol. The highest BCUT2D eigenvalue weighted by Gasteiger charge is 2.24. The fourth-order valence-corrected chi connectivity index (χ4v) is 3.79. The van der Waals surface area contributed by atoms with E-state index >= 15 is 0 Å². The molecule has 3 aromatic rings. The van der Waals surface area contributed by atoms with Gasteiger partial charge in [0.05, 0.1) is 30.5 Å². The van der Waals surface area contributed by atoms with Crippen LogP contribution in [0.2, 0.25) is 0 Å². The zero-order chi connectivity index (χ0) is 24.2. The summed E-state index contributed by atoms with van der Waals surface area (Å²) in [6, 6.07) is 4.35. The number of halogens is 1. The molecule has 2 N–H and O–H groups in total. The first kappa shape index (κ1) is 23.5. The highest BCUT2D eigenvalue weighted by molar-refractivity contribution is 6.02. The van der Waals surface area contributed by atoms with Crippen LogP contribution in [-0.4, -0.2) is 63.3 Å². The Balaban J connectivity index is 1.83. The molecular formula is C24H26FN5O4. The number of carbonyl (C=O) groups is 1. The quantitative estimate of drug-likeness (QED) is 0.549. The summed E-state index contributed by atoms with van der Waals surface area (Å²) in [6.07, 6.45) is 3.07. The van der Waals surface area contributed by atoms with Crippen LogP contribution in [0.15, 0.2) is 47.7 Å². The first-order chi connectivity index (χ1) is 16.4. The van der Waals surface area contributed by atoms with Crippen LogP contribution < -0.4 is 10.9 Å². The molecule has 0 saturated carbocycles. The van der Waals surface area contributed by atoms with E-state index in [2.05, 4.69) is 26.8 Å². The number of hydrogen-bond acceptors (Lipinski definition) is 7. The highest BCUT2D eigenvalue weighted by atomic mass is 19.1. The number of hydrogen-bond donors (Lipinski definition) is 2. The molecule has 1 fully saturated rings. The van der Waals surface area contributed by atoms with E-state index in [1.165, 1.54) is 22.9 Å². The maximum atomic E-state index is 13.4. The van der Waals surface area contributed by atoms with Crippen LogP contribution in [0.4, 0.5) is 4.39 Å². The zero-order valence-corrected chi connectivity index (χ0v) is 18.9. The summed E-state index contributed by atoms with van der Waals surface area (Å²) in [6.45, 7) is 9.09. The zero-order valence-electron chi connectivity index (χ0n) is 18.9. The molecule has 0 aromatic carbocycles. The average molecular weight is 468 g/mol. The van der Waals surface area contributed by atoms with E-state index in [-0.39, 0.29) is 23.1 Å². The Kier molecular flexibility index (Phi) is 6.99. The van der Waals surface area contributed by atoms with Gasteiger partial charge in [-0.2, -0.15) is 0 Å². The minimum absolute atomic E-state index is 0.220. The molecule has 0 radical (unpaired) electrons. The third-order valence-electron chi connectivity index (χ3n) is 5.78. The number of fused-ring (bicyclic) bond motifs is 1. The molecule has 4 rings (SSSR count). The van der Waals surface area contributed by atoms with Gasteiger partial charge in [0.15, 0.2) is 0 Å². The second-order valence-corrected chi connectivity index (χ2v) is 8.00. The number of aromatic hydroxyl groups is 1. The van der Waals surface area contributed by atoms with Gasteiger partial charge in [0.2, 0.25) is 0 Å². The van der Waals surface area contributed by atoms with Gasteiger partial charge in [-0.3, -0.25) is 24.0 Å². The van der Waals surface area contributed by atoms with Crippen molar-refractivity contribution < 1.29 is 19.0 Å². The SMILES string of the molecule is C=C(CC)NC(=O)c1c(O)c2cc(-c3ccc(F)cn3)cnc2n(CCN2CCOCC2)c1=O. The molecule has 0 bridgehead atoms. The summed E-state index contributed by atoms with van der Waals surface area (Å²) in [5, 5.41) is 13.8. The summed E-state index contributed by atoms with van der Waals surface area (Å²) >= 11 is 0. The molecule has 34 heavy (non-hydrogen) atoms. The summed E-state index contributed by atoms with van der Waals surface area (Å²) in [4.78, 5) is 36.9. The van der Waals surface area contributed by atoms with Crippen molar-refractivity contribution >= 4 is 16.9 Å². The van der Waals surface area contributed by atoms with E-state index in [4.69, 9.17) is 4.74 Å². The number of carbonyl (C=O) groups excluding carboxylic acids is 1. The second-order valence-electron chi connectivity index (χ2n) is 8.00. The van der Waals surface area contributed by atoms with Crippen molar-refractivity contribution in [2.75, 3.05) is 32.8 Å².